The minimum absolute atomic E-state index is 0.0259. The number of carbonyl (C=O) groups is 3. The van der Waals surface area contributed by atoms with Gasteiger partial charge in [-0.05, 0) is 61.6 Å². The van der Waals surface area contributed by atoms with Crippen molar-refractivity contribution in [3.05, 3.63) is 53.1 Å². The fraction of sp³-hybridized carbons (Fsp3) is 0.444. The van der Waals surface area contributed by atoms with Gasteiger partial charge in [0.2, 0.25) is 5.91 Å². The number of carboxylic acids is 1. The monoisotopic (exact) mass is 530 g/mol. The normalized spacial score (nSPS) is 21.0. The smallest absolute Gasteiger partial charge is 0.306 e. The van der Waals surface area contributed by atoms with Crippen LogP contribution in [0.1, 0.15) is 36.9 Å². The van der Waals surface area contributed by atoms with Crippen LogP contribution in [0.4, 0.5) is 14.5 Å². The first-order valence-corrected chi connectivity index (χ1v) is 16.0. The van der Waals surface area contributed by atoms with Crippen LogP contribution in [-0.2, 0) is 20.8 Å². The van der Waals surface area contributed by atoms with E-state index in [4.69, 9.17) is 4.74 Å². The third-order valence-electron chi connectivity index (χ3n) is 7.08. The van der Waals surface area contributed by atoms with E-state index in [0.717, 1.165) is 17.7 Å². The van der Waals surface area contributed by atoms with E-state index in [9.17, 15) is 28.3 Å². The fourth-order valence-corrected chi connectivity index (χ4v) is 6.79. The molecule has 1 aliphatic heterocycles. The van der Waals surface area contributed by atoms with Crippen LogP contribution in [0.15, 0.2) is 30.3 Å². The van der Waals surface area contributed by atoms with Gasteiger partial charge in [0, 0.05) is 23.3 Å². The Morgan fingerprint density at radius 1 is 1.08 bits per heavy atom. The summed E-state index contributed by atoms with van der Waals surface area (Å²) in [6, 6.07) is 6.51. The molecule has 1 saturated carbocycles. The van der Waals surface area contributed by atoms with Crippen LogP contribution in [0.25, 0.3) is 0 Å². The van der Waals surface area contributed by atoms with Gasteiger partial charge < -0.3 is 20.1 Å². The molecule has 0 aromatic heterocycles. The predicted octanol–water partition coefficient (Wildman–Crippen LogP) is 4.08. The quantitative estimate of drug-likeness (QED) is 0.526. The van der Waals surface area contributed by atoms with E-state index >= 15 is 0 Å². The van der Waals surface area contributed by atoms with Gasteiger partial charge in [0.15, 0.2) is 0 Å². The Bertz CT molecular complexity index is 1220. The van der Waals surface area contributed by atoms with Crippen LogP contribution in [0, 0.1) is 23.5 Å². The molecule has 1 unspecified atom stereocenters. The summed E-state index contributed by atoms with van der Waals surface area (Å²) in [5.41, 5.74) is 1.43. The molecule has 2 amide bonds. The summed E-state index contributed by atoms with van der Waals surface area (Å²) in [4.78, 5) is 39.7. The highest BCUT2D eigenvalue weighted by molar-refractivity contribution is 6.88. The lowest BCUT2D eigenvalue weighted by Crippen LogP contribution is -2.50. The summed E-state index contributed by atoms with van der Waals surface area (Å²) in [5, 5.41) is 11.9. The van der Waals surface area contributed by atoms with Crippen LogP contribution in [0.2, 0.25) is 19.6 Å². The van der Waals surface area contributed by atoms with Gasteiger partial charge in [-0.25, -0.2) is 8.78 Å². The molecule has 1 atom stereocenters. The highest BCUT2D eigenvalue weighted by Crippen LogP contribution is 2.40. The zero-order chi connectivity index (χ0) is 27.1. The van der Waals surface area contributed by atoms with Crippen molar-refractivity contribution in [3.63, 3.8) is 0 Å². The molecule has 1 aliphatic carbocycles. The molecule has 10 heteroatoms. The standard InChI is InChI=1S/C27H32F2N2O5Si/c1-5-36-19-6-7-20-15(12-19)8-9-31(26(33)16-10-17(11-16)27(34)35)23(20)25(32)30-18-13-21(28)24(22(29)14-18)37(2,3)4/h6-7,12-14,16-17,23H,5,8-11H2,1-4H3,(H,30,32)(H,34,35)/t16-,17+,23?. The number of halogens is 2. The lowest BCUT2D eigenvalue weighted by Gasteiger charge is -2.41. The van der Waals surface area contributed by atoms with Gasteiger partial charge in [0.05, 0.1) is 20.6 Å². The molecule has 7 nitrogen and oxygen atoms in total. The van der Waals surface area contributed by atoms with E-state index in [1.165, 1.54) is 4.90 Å². The van der Waals surface area contributed by atoms with Gasteiger partial charge in [0.1, 0.15) is 23.4 Å². The number of rotatable bonds is 7. The molecule has 0 saturated heterocycles. The van der Waals surface area contributed by atoms with Crippen molar-refractivity contribution >= 4 is 36.7 Å². The number of hydrogen-bond acceptors (Lipinski definition) is 4. The number of carboxylic acid groups (broad SMARTS) is 1. The lowest BCUT2D eigenvalue weighted by atomic mass is 9.73. The summed E-state index contributed by atoms with van der Waals surface area (Å²) in [7, 11) is -2.30. The molecular weight excluding hydrogens is 498 g/mol. The molecule has 2 aliphatic rings. The summed E-state index contributed by atoms with van der Waals surface area (Å²) in [6.45, 7) is 8.10. The van der Waals surface area contributed by atoms with Gasteiger partial charge in [-0.15, -0.1) is 0 Å². The maximum absolute atomic E-state index is 14.8. The first-order chi connectivity index (χ1) is 17.4. The van der Waals surface area contributed by atoms with Crippen molar-refractivity contribution in [2.75, 3.05) is 18.5 Å². The van der Waals surface area contributed by atoms with Gasteiger partial charge in [-0.2, -0.15) is 0 Å². The molecule has 1 heterocycles. The molecule has 0 spiro atoms. The number of aliphatic carboxylic acids is 1. The number of benzene rings is 2. The van der Waals surface area contributed by atoms with Crippen molar-refractivity contribution in [2.24, 2.45) is 11.8 Å². The van der Waals surface area contributed by atoms with Crippen molar-refractivity contribution in [1.82, 2.24) is 4.90 Å². The first kappa shape index (κ1) is 26.8. The highest BCUT2D eigenvalue weighted by Gasteiger charge is 2.45. The van der Waals surface area contributed by atoms with Gasteiger partial charge in [0.25, 0.3) is 5.91 Å². The Kier molecular flexibility index (Phi) is 7.41. The largest absolute Gasteiger partial charge is 0.494 e. The highest BCUT2D eigenvalue weighted by atomic mass is 28.3. The van der Waals surface area contributed by atoms with Crippen molar-refractivity contribution in [3.8, 4) is 5.75 Å². The summed E-state index contributed by atoms with van der Waals surface area (Å²) >= 11 is 0. The Morgan fingerprint density at radius 3 is 2.30 bits per heavy atom. The molecule has 2 aromatic carbocycles. The molecule has 37 heavy (non-hydrogen) atoms. The average molecular weight is 531 g/mol. The molecule has 2 N–H and O–H groups in total. The Morgan fingerprint density at radius 2 is 1.73 bits per heavy atom. The van der Waals surface area contributed by atoms with E-state index in [1.54, 1.807) is 12.1 Å². The maximum atomic E-state index is 14.8. The van der Waals surface area contributed by atoms with Gasteiger partial charge in [-0.1, -0.05) is 25.7 Å². The van der Waals surface area contributed by atoms with Gasteiger partial charge >= 0.3 is 5.97 Å². The average Bonchev–Trinajstić information content (AvgIpc) is 2.75. The Hall–Kier alpha value is -3.27. The molecule has 0 bridgehead atoms. The van der Waals surface area contributed by atoms with Gasteiger partial charge in [-0.3, -0.25) is 14.4 Å². The Balaban J connectivity index is 1.65. The number of amides is 2. The fourth-order valence-electron chi connectivity index (χ4n) is 5.21. The van der Waals surface area contributed by atoms with E-state index in [0.29, 0.717) is 24.3 Å². The number of fused-ring (bicyclic) bond motifs is 1. The molecular formula is C27H32F2N2O5Si. The predicted molar refractivity (Wildman–Crippen MR) is 138 cm³/mol. The second-order valence-electron chi connectivity index (χ2n) is 10.7. The minimum atomic E-state index is -2.30. The van der Waals surface area contributed by atoms with E-state index in [1.807, 2.05) is 32.6 Å². The molecule has 1 fully saturated rings. The molecule has 198 valence electrons. The molecule has 0 radical (unpaired) electrons. The van der Waals surface area contributed by atoms with Crippen molar-refractivity contribution in [1.29, 1.82) is 0 Å². The number of ether oxygens (including phenoxy) is 1. The first-order valence-electron chi connectivity index (χ1n) is 12.5. The number of hydrogen-bond donors (Lipinski definition) is 2. The SMILES string of the molecule is CCOc1ccc2c(c1)CCN(C(=O)[C@H]1C[C@@H](C(=O)O)C1)C2C(=O)Nc1cc(F)c([Si](C)(C)C)c(F)c1. The van der Waals surface area contributed by atoms with Crippen LogP contribution in [-0.4, -0.2) is 49.0 Å². The molecule has 4 rings (SSSR count). The van der Waals surface area contributed by atoms with Crippen molar-refractivity contribution < 1.29 is 33.0 Å². The zero-order valence-electron chi connectivity index (χ0n) is 21.4. The van der Waals surface area contributed by atoms with E-state index < -0.39 is 49.5 Å². The second kappa shape index (κ2) is 10.2. The van der Waals surface area contributed by atoms with Crippen LogP contribution in [0.5, 0.6) is 5.75 Å². The number of anilines is 1. The molecule has 2 aromatic rings. The minimum Gasteiger partial charge on any atom is -0.494 e. The van der Waals surface area contributed by atoms with Crippen molar-refractivity contribution in [2.45, 2.75) is 51.9 Å². The number of nitrogens with one attached hydrogen (secondary N) is 1. The summed E-state index contributed by atoms with van der Waals surface area (Å²) < 4.78 is 35.3. The second-order valence-corrected chi connectivity index (χ2v) is 15.7. The maximum Gasteiger partial charge on any atom is 0.306 e. The van der Waals surface area contributed by atoms with Crippen LogP contribution < -0.4 is 15.2 Å². The van der Waals surface area contributed by atoms with Crippen LogP contribution >= 0.6 is 0 Å². The van der Waals surface area contributed by atoms with Crippen LogP contribution in [0.3, 0.4) is 0 Å². The topological polar surface area (TPSA) is 95.9 Å². The Labute approximate surface area is 215 Å². The summed E-state index contributed by atoms with van der Waals surface area (Å²) in [6.07, 6.45) is 0.947. The zero-order valence-corrected chi connectivity index (χ0v) is 22.4. The summed E-state index contributed by atoms with van der Waals surface area (Å²) in [5.74, 6) is -3.62. The number of carbonyl (C=O) groups excluding carboxylic acids is 2. The lowest BCUT2D eigenvalue weighted by molar-refractivity contribution is -0.154. The van der Waals surface area contributed by atoms with E-state index in [-0.39, 0.29) is 36.2 Å². The van der Waals surface area contributed by atoms with E-state index in [2.05, 4.69) is 5.32 Å². The number of nitrogens with zero attached hydrogens (tertiary/aromatic N) is 1. The third-order valence-corrected chi connectivity index (χ3v) is 9.06. The third kappa shape index (κ3) is 5.39.